The highest BCUT2D eigenvalue weighted by Crippen LogP contribution is 2.17. The Hall–Kier alpha value is -4.10. The van der Waals surface area contributed by atoms with Crippen LogP contribution in [0, 0.1) is 0 Å². The molecule has 0 unspecified atom stereocenters. The predicted octanol–water partition coefficient (Wildman–Crippen LogP) is 5.03. The summed E-state index contributed by atoms with van der Waals surface area (Å²) in [5.74, 6) is 0.352. The van der Waals surface area contributed by atoms with Crippen molar-refractivity contribution < 1.29 is 14.3 Å². The van der Waals surface area contributed by atoms with Crippen LogP contribution in [0.1, 0.15) is 21.6 Å². The standard InChI is InChI=1S/C26H23ClN4O3/c1-34-23-11-7-18(8-12-23)13-25(32)29-21-9-5-19(6-10-21)15-31-16-24(28-17-31)26(33)30-22-4-2-3-20(27)14-22/h2-12,14,16-17H,13,15H2,1H3,(H,29,32)(H,30,33). The molecular weight excluding hydrogens is 452 g/mol. The predicted molar refractivity (Wildman–Crippen MR) is 133 cm³/mol. The van der Waals surface area contributed by atoms with Crippen molar-refractivity contribution in [2.45, 2.75) is 13.0 Å². The van der Waals surface area contributed by atoms with Gasteiger partial charge in [-0.25, -0.2) is 4.98 Å². The summed E-state index contributed by atoms with van der Waals surface area (Å²) >= 11 is 5.96. The van der Waals surface area contributed by atoms with Crippen molar-refractivity contribution in [1.82, 2.24) is 9.55 Å². The summed E-state index contributed by atoms with van der Waals surface area (Å²) in [6.45, 7) is 0.539. The number of imidazole rings is 1. The Morgan fingerprint density at radius 3 is 2.38 bits per heavy atom. The number of rotatable bonds is 8. The Morgan fingerprint density at radius 2 is 1.68 bits per heavy atom. The third kappa shape index (κ3) is 6.24. The number of benzene rings is 3. The summed E-state index contributed by atoms with van der Waals surface area (Å²) in [7, 11) is 1.61. The zero-order chi connectivity index (χ0) is 23.9. The van der Waals surface area contributed by atoms with Gasteiger partial charge in [-0.1, -0.05) is 41.9 Å². The fourth-order valence-electron chi connectivity index (χ4n) is 3.36. The van der Waals surface area contributed by atoms with E-state index in [0.29, 0.717) is 22.9 Å². The first-order chi connectivity index (χ1) is 16.5. The molecule has 0 aliphatic heterocycles. The largest absolute Gasteiger partial charge is 0.497 e. The van der Waals surface area contributed by atoms with Crippen molar-refractivity contribution in [2.75, 3.05) is 17.7 Å². The second kappa shape index (κ2) is 10.7. The van der Waals surface area contributed by atoms with Crippen LogP contribution in [-0.2, 0) is 17.8 Å². The molecule has 8 heteroatoms. The second-order valence-corrected chi connectivity index (χ2v) is 8.10. The van der Waals surface area contributed by atoms with Crippen molar-refractivity contribution in [3.8, 4) is 5.75 Å². The Kier molecular flexibility index (Phi) is 7.25. The van der Waals surface area contributed by atoms with Crippen LogP contribution in [0.25, 0.3) is 0 Å². The maximum absolute atomic E-state index is 12.4. The Labute approximate surface area is 202 Å². The third-order valence-corrected chi connectivity index (χ3v) is 5.31. The summed E-state index contributed by atoms with van der Waals surface area (Å²) in [4.78, 5) is 28.9. The number of hydrogen-bond acceptors (Lipinski definition) is 4. The van der Waals surface area contributed by atoms with Gasteiger partial charge in [-0.15, -0.1) is 0 Å². The Bertz CT molecular complexity index is 1280. The maximum atomic E-state index is 12.4. The van der Waals surface area contributed by atoms with Gasteiger partial charge < -0.3 is 19.9 Å². The minimum atomic E-state index is -0.309. The van der Waals surface area contributed by atoms with Crippen molar-refractivity contribution in [1.29, 1.82) is 0 Å². The van der Waals surface area contributed by atoms with Crippen LogP contribution in [0.3, 0.4) is 0 Å². The van der Waals surface area contributed by atoms with Crippen molar-refractivity contribution in [3.63, 3.8) is 0 Å². The summed E-state index contributed by atoms with van der Waals surface area (Å²) in [6.07, 6.45) is 3.57. The fraction of sp³-hybridized carbons (Fsp3) is 0.115. The minimum Gasteiger partial charge on any atom is -0.497 e. The molecule has 0 bridgehead atoms. The minimum absolute atomic E-state index is 0.0946. The lowest BCUT2D eigenvalue weighted by Gasteiger charge is -2.08. The number of anilines is 2. The molecule has 34 heavy (non-hydrogen) atoms. The van der Waals surface area contributed by atoms with Crippen LogP contribution in [0.5, 0.6) is 5.75 Å². The van der Waals surface area contributed by atoms with Crippen molar-refractivity contribution >= 4 is 34.8 Å². The first-order valence-electron chi connectivity index (χ1n) is 10.6. The van der Waals surface area contributed by atoms with E-state index < -0.39 is 0 Å². The molecule has 0 fully saturated rings. The molecule has 4 rings (SSSR count). The van der Waals surface area contributed by atoms with E-state index >= 15 is 0 Å². The molecule has 7 nitrogen and oxygen atoms in total. The van der Waals surface area contributed by atoms with Crippen LogP contribution in [0.15, 0.2) is 85.3 Å². The number of methoxy groups -OCH3 is 1. The van der Waals surface area contributed by atoms with E-state index in [1.165, 1.54) is 0 Å². The molecule has 0 saturated heterocycles. The van der Waals surface area contributed by atoms with Gasteiger partial charge in [0.15, 0.2) is 0 Å². The van der Waals surface area contributed by atoms with E-state index in [1.807, 2.05) is 53.1 Å². The zero-order valence-corrected chi connectivity index (χ0v) is 19.3. The van der Waals surface area contributed by atoms with Gasteiger partial charge in [-0.05, 0) is 53.6 Å². The van der Waals surface area contributed by atoms with Crippen LogP contribution in [-0.4, -0.2) is 28.5 Å². The number of hydrogen-bond donors (Lipinski definition) is 2. The molecule has 1 heterocycles. The van der Waals surface area contributed by atoms with Crippen molar-refractivity contribution in [2.24, 2.45) is 0 Å². The van der Waals surface area contributed by atoms with Crippen LogP contribution in [0.4, 0.5) is 11.4 Å². The molecule has 3 aromatic carbocycles. The van der Waals surface area contributed by atoms with Gasteiger partial charge >= 0.3 is 0 Å². The molecule has 172 valence electrons. The number of aromatic nitrogens is 2. The number of nitrogens with zero attached hydrogens (tertiary/aromatic N) is 2. The van der Waals surface area contributed by atoms with Crippen LogP contribution in [0.2, 0.25) is 5.02 Å². The second-order valence-electron chi connectivity index (χ2n) is 7.67. The maximum Gasteiger partial charge on any atom is 0.275 e. The summed E-state index contributed by atoms with van der Waals surface area (Å²) in [5.41, 5.74) is 3.55. The van der Waals surface area contributed by atoms with Gasteiger partial charge in [0.25, 0.3) is 5.91 Å². The number of carbonyl (C=O) groups excluding carboxylic acids is 2. The van der Waals surface area contributed by atoms with Gasteiger partial charge in [0.05, 0.1) is 19.9 Å². The summed E-state index contributed by atoms with van der Waals surface area (Å²) < 4.78 is 6.96. The normalized spacial score (nSPS) is 10.5. The van der Waals surface area contributed by atoms with E-state index in [9.17, 15) is 9.59 Å². The lowest BCUT2D eigenvalue weighted by molar-refractivity contribution is -0.115. The lowest BCUT2D eigenvalue weighted by atomic mass is 10.1. The smallest absolute Gasteiger partial charge is 0.275 e. The van der Waals surface area contributed by atoms with Gasteiger partial charge in [0.1, 0.15) is 11.4 Å². The molecule has 0 radical (unpaired) electrons. The first-order valence-corrected chi connectivity index (χ1v) is 11.0. The number of halogens is 1. The molecule has 0 aliphatic carbocycles. The van der Waals surface area contributed by atoms with E-state index in [4.69, 9.17) is 16.3 Å². The number of nitrogens with one attached hydrogen (secondary N) is 2. The molecule has 1 aromatic heterocycles. The van der Waals surface area contributed by atoms with Gasteiger partial charge in [0.2, 0.25) is 5.91 Å². The van der Waals surface area contributed by atoms with Crippen LogP contribution < -0.4 is 15.4 Å². The Balaban J connectivity index is 1.30. The average Bonchev–Trinajstić information content (AvgIpc) is 3.29. The summed E-state index contributed by atoms with van der Waals surface area (Å²) in [6, 6.07) is 21.9. The molecule has 2 N–H and O–H groups in total. The van der Waals surface area contributed by atoms with Gasteiger partial charge in [0, 0.05) is 29.1 Å². The molecule has 0 spiro atoms. The SMILES string of the molecule is COc1ccc(CC(=O)Nc2ccc(Cn3cnc(C(=O)Nc4cccc(Cl)c4)c3)cc2)cc1. The van der Waals surface area contributed by atoms with Gasteiger partial charge in [-0.3, -0.25) is 9.59 Å². The number of ether oxygens (including phenoxy) is 1. The first kappa shape index (κ1) is 23.1. The van der Waals surface area contributed by atoms with E-state index in [-0.39, 0.29) is 18.2 Å². The van der Waals surface area contributed by atoms with Gasteiger partial charge in [-0.2, -0.15) is 0 Å². The van der Waals surface area contributed by atoms with Crippen molar-refractivity contribution in [3.05, 3.63) is 107 Å². The molecular formula is C26H23ClN4O3. The highest BCUT2D eigenvalue weighted by molar-refractivity contribution is 6.30. The Morgan fingerprint density at radius 1 is 0.941 bits per heavy atom. The molecule has 2 amide bonds. The summed E-state index contributed by atoms with van der Waals surface area (Å²) in [5, 5.41) is 6.23. The van der Waals surface area contributed by atoms with Crippen LogP contribution >= 0.6 is 11.6 Å². The lowest BCUT2D eigenvalue weighted by Crippen LogP contribution is -2.14. The zero-order valence-electron chi connectivity index (χ0n) is 18.5. The monoisotopic (exact) mass is 474 g/mol. The van der Waals surface area contributed by atoms with E-state index in [1.54, 1.807) is 43.9 Å². The number of amides is 2. The average molecular weight is 475 g/mol. The fourth-order valence-corrected chi connectivity index (χ4v) is 3.55. The quantitative estimate of drug-likeness (QED) is 0.375. The topological polar surface area (TPSA) is 85.2 Å². The molecule has 4 aromatic rings. The molecule has 0 atom stereocenters. The third-order valence-electron chi connectivity index (χ3n) is 5.07. The van der Waals surface area contributed by atoms with E-state index in [2.05, 4.69) is 15.6 Å². The number of carbonyl (C=O) groups is 2. The van der Waals surface area contributed by atoms with E-state index in [0.717, 1.165) is 22.6 Å². The highest BCUT2D eigenvalue weighted by Gasteiger charge is 2.11. The highest BCUT2D eigenvalue weighted by atomic mass is 35.5. The molecule has 0 aliphatic rings. The molecule has 0 saturated carbocycles.